The van der Waals surface area contributed by atoms with E-state index < -0.39 is 0 Å². The minimum atomic E-state index is -0.382. The second-order valence-electron chi connectivity index (χ2n) is 6.53. The molecule has 2 aromatic rings. The number of aromatic nitrogens is 2. The normalized spacial score (nSPS) is 17.5. The second-order valence-corrected chi connectivity index (χ2v) is 7.28. The fourth-order valence-corrected chi connectivity index (χ4v) is 3.39. The number of hydrogen-bond acceptors (Lipinski definition) is 5. The van der Waals surface area contributed by atoms with Crippen molar-refractivity contribution in [1.29, 1.82) is 0 Å². The molecule has 2 heterocycles. The van der Waals surface area contributed by atoms with Crippen LogP contribution in [-0.4, -0.2) is 53.7 Å². The van der Waals surface area contributed by atoms with E-state index in [1.165, 1.54) is 0 Å². The van der Waals surface area contributed by atoms with Gasteiger partial charge in [-0.1, -0.05) is 0 Å². The highest BCUT2D eigenvalue weighted by Gasteiger charge is 2.21. The Balaban J connectivity index is 1.75. The molecule has 1 saturated heterocycles. The monoisotopic (exact) mass is 423 g/mol. The topological polar surface area (TPSA) is 88.5 Å². The van der Waals surface area contributed by atoms with E-state index in [2.05, 4.69) is 31.9 Å². The number of hydrazine groups is 1. The van der Waals surface area contributed by atoms with Gasteiger partial charge >= 0.3 is 0 Å². The third-order valence-corrected chi connectivity index (χ3v) is 4.71. The molecule has 1 unspecified atom stereocenters. The number of hydrogen-bond donors (Lipinski definition) is 2. The van der Waals surface area contributed by atoms with Crippen LogP contribution in [0.4, 0.5) is 0 Å². The van der Waals surface area contributed by atoms with Crippen LogP contribution in [0, 0.1) is 0 Å². The van der Waals surface area contributed by atoms with Gasteiger partial charge in [0.25, 0.3) is 11.8 Å². The highest BCUT2D eigenvalue weighted by Crippen LogP contribution is 2.30. The van der Waals surface area contributed by atoms with E-state index in [0.29, 0.717) is 10.2 Å². The number of carbonyl (C=O) groups excluding carboxylic acids is 2. The van der Waals surface area contributed by atoms with Gasteiger partial charge in [-0.2, -0.15) is 5.10 Å². The summed E-state index contributed by atoms with van der Waals surface area (Å²) in [6, 6.07) is 5.31. The van der Waals surface area contributed by atoms with Gasteiger partial charge in [-0.15, -0.1) is 0 Å². The summed E-state index contributed by atoms with van der Waals surface area (Å²) >= 11 is 3.46. The fourth-order valence-electron chi connectivity index (χ4n) is 2.91. The molecule has 1 fully saturated rings. The van der Waals surface area contributed by atoms with E-state index in [1.54, 1.807) is 31.1 Å². The minimum absolute atomic E-state index is 0.0810. The molecule has 2 N–H and O–H groups in total. The molecule has 0 aliphatic carbocycles. The first kappa shape index (κ1) is 18.8. The molecular weight excluding hydrogens is 402 g/mol. The van der Waals surface area contributed by atoms with E-state index in [9.17, 15) is 9.59 Å². The lowest BCUT2D eigenvalue weighted by Gasteiger charge is -2.23. The van der Waals surface area contributed by atoms with E-state index in [-0.39, 0.29) is 24.6 Å². The Bertz CT molecular complexity index is 814. The summed E-state index contributed by atoms with van der Waals surface area (Å²) in [4.78, 5) is 25.6. The molecule has 1 aliphatic heterocycles. The SMILES string of the molecule is CN(C)CC(=O)NNC(=O)c1ccc2c(c1)c(Br)nn2C1CCCCO1. The van der Waals surface area contributed by atoms with Crippen LogP contribution >= 0.6 is 15.9 Å². The number of rotatable bonds is 4. The zero-order valence-corrected chi connectivity index (χ0v) is 16.4. The van der Waals surface area contributed by atoms with Gasteiger partial charge in [-0.25, -0.2) is 4.68 Å². The lowest BCUT2D eigenvalue weighted by atomic mass is 10.1. The first-order valence-corrected chi connectivity index (χ1v) is 9.28. The first-order chi connectivity index (χ1) is 12.5. The van der Waals surface area contributed by atoms with Gasteiger partial charge in [0.15, 0.2) is 6.23 Å². The third kappa shape index (κ3) is 4.22. The summed E-state index contributed by atoms with van der Waals surface area (Å²) in [5, 5.41) is 5.35. The minimum Gasteiger partial charge on any atom is -0.356 e. The van der Waals surface area contributed by atoms with Gasteiger partial charge in [-0.3, -0.25) is 20.4 Å². The van der Waals surface area contributed by atoms with Crippen molar-refractivity contribution in [2.24, 2.45) is 0 Å². The molecule has 140 valence electrons. The third-order valence-electron chi connectivity index (χ3n) is 4.13. The van der Waals surface area contributed by atoms with Crippen molar-refractivity contribution >= 4 is 38.6 Å². The van der Waals surface area contributed by atoms with E-state index in [1.807, 2.05) is 10.7 Å². The Labute approximate surface area is 159 Å². The Morgan fingerprint density at radius 2 is 2.15 bits per heavy atom. The second kappa shape index (κ2) is 8.15. The Morgan fingerprint density at radius 1 is 1.35 bits per heavy atom. The molecule has 1 atom stereocenters. The number of fused-ring (bicyclic) bond motifs is 1. The summed E-state index contributed by atoms with van der Waals surface area (Å²) in [6.45, 7) is 0.926. The van der Waals surface area contributed by atoms with Crippen molar-refractivity contribution in [3.8, 4) is 0 Å². The number of nitrogens with zero attached hydrogens (tertiary/aromatic N) is 3. The molecule has 0 saturated carbocycles. The Morgan fingerprint density at radius 3 is 2.85 bits per heavy atom. The molecule has 0 spiro atoms. The van der Waals surface area contributed by atoms with Gasteiger partial charge in [-0.05, 0) is 67.5 Å². The Kier molecular flexibility index (Phi) is 5.90. The summed E-state index contributed by atoms with van der Waals surface area (Å²) < 4.78 is 8.33. The number of ether oxygens (including phenoxy) is 1. The molecule has 3 rings (SSSR count). The summed E-state index contributed by atoms with van der Waals surface area (Å²) in [5.41, 5.74) is 6.16. The van der Waals surface area contributed by atoms with E-state index in [4.69, 9.17) is 4.74 Å². The van der Waals surface area contributed by atoms with Crippen LogP contribution in [0.25, 0.3) is 10.9 Å². The summed E-state index contributed by atoms with van der Waals surface area (Å²) in [7, 11) is 3.56. The smallest absolute Gasteiger partial charge is 0.269 e. The molecule has 0 radical (unpaired) electrons. The maximum Gasteiger partial charge on any atom is 0.269 e. The van der Waals surface area contributed by atoms with Gasteiger partial charge < -0.3 is 9.64 Å². The standard InChI is InChI=1S/C17H22BrN5O3/c1-22(2)10-14(24)19-20-17(25)11-6-7-13-12(9-11)16(18)21-23(13)15-5-3-4-8-26-15/h6-7,9,15H,3-5,8,10H2,1-2H3,(H,19,24)(H,20,25). The fraction of sp³-hybridized carbons (Fsp3) is 0.471. The predicted molar refractivity (Wildman–Crippen MR) is 100 cm³/mol. The van der Waals surface area contributed by atoms with Gasteiger partial charge in [0.2, 0.25) is 0 Å². The van der Waals surface area contributed by atoms with Gasteiger partial charge in [0.05, 0.1) is 12.1 Å². The first-order valence-electron chi connectivity index (χ1n) is 8.49. The van der Waals surface area contributed by atoms with E-state index >= 15 is 0 Å². The van der Waals surface area contributed by atoms with Gasteiger partial charge in [0, 0.05) is 17.6 Å². The lowest BCUT2D eigenvalue weighted by molar-refractivity contribution is -0.122. The molecule has 1 aliphatic rings. The molecule has 8 nitrogen and oxygen atoms in total. The van der Waals surface area contributed by atoms with Crippen molar-refractivity contribution in [2.45, 2.75) is 25.5 Å². The van der Waals surface area contributed by atoms with Gasteiger partial charge in [0.1, 0.15) is 4.60 Å². The number of amides is 2. The number of carbonyl (C=O) groups is 2. The molecule has 1 aromatic heterocycles. The maximum absolute atomic E-state index is 12.3. The van der Waals surface area contributed by atoms with Crippen molar-refractivity contribution in [3.63, 3.8) is 0 Å². The molecule has 9 heteroatoms. The van der Waals surface area contributed by atoms with Crippen LogP contribution in [0.15, 0.2) is 22.8 Å². The predicted octanol–water partition coefficient (Wildman–Crippen LogP) is 1.82. The zero-order valence-electron chi connectivity index (χ0n) is 14.8. The summed E-state index contributed by atoms with van der Waals surface area (Å²) in [6.07, 6.45) is 3.02. The van der Waals surface area contributed by atoms with Crippen LogP contribution in [0.1, 0.15) is 35.8 Å². The van der Waals surface area contributed by atoms with Crippen LogP contribution in [0.3, 0.4) is 0 Å². The summed E-state index contributed by atoms with van der Waals surface area (Å²) in [5.74, 6) is -0.666. The number of halogens is 1. The van der Waals surface area contributed by atoms with Crippen molar-refractivity contribution < 1.29 is 14.3 Å². The van der Waals surface area contributed by atoms with Crippen molar-refractivity contribution in [1.82, 2.24) is 25.5 Å². The highest BCUT2D eigenvalue weighted by atomic mass is 79.9. The number of benzene rings is 1. The molecule has 0 bridgehead atoms. The van der Waals surface area contributed by atoms with E-state index in [0.717, 1.165) is 36.8 Å². The van der Waals surface area contributed by atoms with Crippen LogP contribution in [0.2, 0.25) is 0 Å². The molecule has 1 aromatic carbocycles. The maximum atomic E-state index is 12.3. The number of nitrogens with one attached hydrogen (secondary N) is 2. The van der Waals surface area contributed by atoms with Crippen molar-refractivity contribution in [3.05, 3.63) is 28.4 Å². The van der Waals surface area contributed by atoms with Crippen LogP contribution in [-0.2, 0) is 9.53 Å². The highest BCUT2D eigenvalue weighted by molar-refractivity contribution is 9.10. The molecule has 2 amide bonds. The average molecular weight is 424 g/mol. The van der Waals surface area contributed by atoms with Crippen LogP contribution in [0.5, 0.6) is 0 Å². The molecule has 26 heavy (non-hydrogen) atoms. The van der Waals surface area contributed by atoms with Crippen molar-refractivity contribution in [2.75, 3.05) is 27.2 Å². The lowest BCUT2D eigenvalue weighted by Crippen LogP contribution is -2.45. The van der Waals surface area contributed by atoms with Crippen LogP contribution < -0.4 is 10.9 Å². The largest absolute Gasteiger partial charge is 0.356 e. The number of likely N-dealkylation sites (N-methyl/N-ethyl adjacent to an activating group) is 1. The molecular formula is C17H22BrN5O3. The zero-order chi connectivity index (χ0) is 18.7. The Hall–Kier alpha value is -1.97. The quantitative estimate of drug-likeness (QED) is 0.732. The average Bonchev–Trinajstić information content (AvgIpc) is 2.96.